The van der Waals surface area contributed by atoms with E-state index in [0.717, 1.165) is 67.2 Å². The molecule has 0 aliphatic carbocycles. The Morgan fingerprint density at radius 3 is 1.49 bits per heavy atom. The van der Waals surface area contributed by atoms with Gasteiger partial charge in [-0.1, -0.05) is 146 Å². The third-order valence-corrected chi connectivity index (χ3v) is 15.8. The van der Waals surface area contributed by atoms with E-state index in [9.17, 15) is 10.1 Å². The standard InChI is InChI=1S/C24H16N4O2.C24H16N4.C18H15P/c29-28(30)23-10-2-1-7-19(23)18-8-3-11-22-20(18)13-15-27(22)24-12-4-9-21(26-24)17-6-5-14-25-16-17;1-2-7-20-17(6-1)24-18-12-14-28(22(18)11-10-21(24)26-20)23-9-3-8-19(27-23)16-5-4-13-25-15-16;1-4-10-16(11-5-1)19(17-12-6-2-7-13-17)18-14-8-3-9-15-18/h1-16H;1-15,26H;1-15H. The molecule has 0 aliphatic rings. The third-order valence-electron chi connectivity index (χ3n) is 13.4. The summed E-state index contributed by atoms with van der Waals surface area (Å²) < 4.78 is 4.14. The third kappa shape index (κ3) is 9.88. The molecule has 0 radical (unpaired) electrons. The van der Waals surface area contributed by atoms with Crippen molar-refractivity contribution in [3.05, 3.63) is 290 Å². The Morgan fingerprint density at radius 2 is 0.922 bits per heavy atom. The Hall–Kier alpha value is -10.2. The molecule has 14 rings (SSSR count). The maximum atomic E-state index is 11.5. The van der Waals surface area contributed by atoms with E-state index in [2.05, 4.69) is 159 Å². The first kappa shape index (κ1) is 47.8. The van der Waals surface area contributed by atoms with Gasteiger partial charge >= 0.3 is 0 Å². The predicted molar refractivity (Wildman–Crippen MR) is 315 cm³/mol. The molecule has 1 N–H and O–H groups in total. The SMILES string of the molecule is O=[N+]([O-])c1ccccc1-c1cccc2c1ccn2-c1cccc(-c2cccnc2)n1.c1ccc(P(c2ccccc2)c2ccccc2)cc1.c1cncc(-c2cccc(-n3ccc4c5c(ccc43)[nH]c3ccccc35)n2)c1. The van der Waals surface area contributed by atoms with E-state index in [1.165, 1.54) is 38.1 Å². The lowest BCUT2D eigenvalue weighted by atomic mass is 10.0. The summed E-state index contributed by atoms with van der Waals surface area (Å²) in [7, 11) is -0.446. The number of nitro groups is 1. The minimum Gasteiger partial charge on any atom is -0.354 e. The normalized spacial score (nSPS) is 11.1. The maximum Gasteiger partial charge on any atom is 0.277 e. The molecule has 0 amide bonds. The van der Waals surface area contributed by atoms with E-state index in [4.69, 9.17) is 9.97 Å². The van der Waals surface area contributed by atoms with Crippen LogP contribution in [0.2, 0.25) is 0 Å². The van der Waals surface area contributed by atoms with Gasteiger partial charge < -0.3 is 14.1 Å². The second-order valence-corrected chi connectivity index (χ2v) is 20.3. The Balaban J connectivity index is 0.000000119. The monoisotopic (exact) mass is 1010 g/mol. The van der Waals surface area contributed by atoms with Crippen LogP contribution in [0.5, 0.6) is 0 Å². The fourth-order valence-electron chi connectivity index (χ4n) is 9.87. The molecule has 0 unspecified atom stereocenters. The highest BCUT2D eigenvalue weighted by molar-refractivity contribution is 7.79. The number of aromatic amines is 1. The predicted octanol–water partition coefficient (Wildman–Crippen LogP) is 14.8. The van der Waals surface area contributed by atoms with Crippen molar-refractivity contribution >= 4 is 73.1 Å². The second kappa shape index (κ2) is 21.7. The average molecular weight is 1020 g/mol. The molecule has 7 aromatic carbocycles. The highest BCUT2D eigenvalue weighted by atomic mass is 31.1. The highest BCUT2D eigenvalue weighted by Gasteiger charge is 2.19. The van der Waals surface area contributed by atoms with Crippen LogP contribution in [0.15, 0.2) is 280 Å². The van der Waals surface area contributed by atoms with Crippen LogP contribution in [-0.4, -0.2) is 39.0 Å². The van der Waals surface area contributed by atoms with Gasteiger partial charge in [0.05, 0.1) is 32.9 Å². The van der Waals surface area contributed by atoms with Crippen LogP contribution in [0, 0.1) is 10.1 Å². The first-order chi connectivity index (χ1) is 38.1. The van der Waals surface area contributed by atoms with Crippen LogP contribution in [0.3, 0.4) is 0 Å². The van der Waals surface area contributed by atoms with Gasteiger partial charge in [-0.05, 0) is 120 Å². The number of nitrogens with one attached hydrogen (secondary N) is 1. The zero-order valence-electron chi connectivity index (χ0n) is 41.5. The second-order valence-electron chi connectivity index (χ2n) is 18.1. The topological polar surface area (TPSA) is 120 Å². The Morgan fingerprint density at radius 1 is 0.416 bits per heavy atom. The van der Waals surface area contributed by atoms with Gasteiger partial charge in [0.1, 0.15) is 11.6 Å². The largest absolute Gasteiger partial charge is 0.354 e. The van der Waals surface area contributed by atoms with Crippen molar-refractivity contribution in [2.75, 3.05) is 0 Å². The van der Waals surface area contributed by atoms with Gasteiger partial charge in [0.2, 0.25) is 0 Å². The van der Waals surface area contributed by atoms with Crippen molar-refractivity contribution in [3.63, 3.8) is 0 Å². The van der Waals surface area contributed by atoms with Crippen molar-refractivity contribution in [2.24, 2.45) is 0 Å². The molecule has 0 bridgehead atoms. The zero-order chi connectivity index (χ0) is 51.9. The number of nitrogens with zero attached hydrogens (tertiary/aromatic N) is 7. The number of rotatable bonds is 9. The van der Waals surface area contributed by atoms with Crippen LogP contribution in [0.4, 0.5) is 5.69 Å². The van der Waals surface area contributed by atoms with Crippen molar-refractivity contribution < 1.29 is 4.92 Å². The summed E-state index contributed by atoms with van der Waals surface area (Å²) in [4.78, 5) is 32.7. The molecule has 0 saturated carbocycles. The van der Waals surface area contributed by atoms with E-state index in [1.807, 2.05) is 108 Å². The molecule has 0 aliphatic heterocycles. The smallest absolute Gasteiger partial charge is 0.277 e. The fraction of sp³-hybridized carbons (Fsp3) is 0. The quantitative estimate of drug-likeness (QED) is 0.0873. The maximum absolute atomic E-state index is 11.5. The number of fused-ring (bicyclic) bond motifs is 6. The zero-order valence-corrected chi connectivity index (χ0v) is 42.3. The lowest BCUT2D eigenvalue weighted by Gasteiger charge is -2.18. The summed E-state index contributed by atoms with van der Waals surface area (Å²) in [5.41, 5.74) is 9.61. The Bertz CT molecular complexity index is 4230. The molecule has 368 valence electrons. The fourth-order valence-corrected chi connectivity index (χ4v) is 12.2. The van der Waals surface area contributed by atoms with Crippen LogP contribution >= 0.6 is 7.92 Å². The van der Waals surface area contributed by atoms with E-state index in [1.54, 1.807) is 30.7 Å². The minimum absolute atomic E-state index is 0.0921. The average Bonchev–Trinajstić information content (AvgIpc) is 4.37. The summed E-state index contributed by atoms with van der Waals surface area (Å²) in [5.74, 6) is 1.67. The summed E-state index contributed by atoms with van der Waals surface area (Å²) in [6, 6.07) is 81.6. The molecule has 10 nitrogen and oxygen atoms in total. The number of H-pyrrole nitrogens is 1. The van der Waals surface area contributed by atoms with Gasteiger partial charge in [0, 0.05) is 87.0 Å². The summed E-state index contributed by atoms with van der Waals surface area (Å²) in [6.45, 7) is 0. The van der Waals surface area contributed by atoms with Gasteiger partial charge in [-0.2, -0.15) is 0 Å². The number of benzene rings is 7. The van der Waals surface area contributed by atoms with Crippen LogP contribution in [-0.2, 0) is 0 Å². The van der Waals surface area contributed by atoms with Gasteiger partial charge in [-0.15, -0.1) is 0 Å². The van der Waals surface area contributed by atoms with Gasteiger partial charge in [0.25, 0.3) is 5.69 Å². The minimum atomic E-state index is -0.446. The van der Waals surface area contributed by atoms with Gasteiger partial charge in [0.15, 0.2) is 0 Å². The van der Waals surface area contributed by atoms with Gasteiger partial charge in [-0.3, -0.25) is 20.1 Å². The summed E-state index contributed by atoms with van der Waals surface area (Å²) >= 11 is 0. The number of hydrogen-bond donors (Lipinski definition) is 1. The molecular formula is C66H47N8O2P. The molecule has 0 saturated heterocycles. The van der Waals surface area contributed by atoms with Gasteiger partial charge in [-0.25, -0.2) is 9.97 Å². The first-order valence-corrected chi connectivity index (χ1v) is 26.5. The molecule has 11 heteroatoms. The molecule has 7 heterocycles. The summed E-state index contributed by atoms with van der Waals surface area (Å²) in [6.07, 6.45) is 11.2. The molecule has 77 heavy (non-hydrogen) atoms. The van der Waals surface area contributed by atoms with Crippen LogP contribution in [0.25, 0.3) is 88.9 Å². The number of hydrogen-bond acceptors (Lipinski definition) is 6. The number of nitro benzene ring substituents is 1. The molecule has 0 spiro atoms. The van der Waals surface area contributed by atoms with E-state index < -0.39 is 7.92 Å². The molecular weight excluding hydrogens is 968 g/mol. The first-order valence-electron chi connectivity index (χ1n) is 25.1. The Labute approximate surface area is 445 Å². The van der Waals surface area contributed by atoms with E-state index in [-0.39, 0.29) is 10.6 Å². The van der Waals surface area contributed by atoms with Crippen LogP contribution in [0.1, 0.15) is 0 Å². The van der Waals surface area contributed by atoms with Crippen LogP contribution < -0.4 is 15.9 Å². The lowest BCUT2D eigenvalue weighted by molar-refractivity contribution is -0.384. The molecule has 14 aromatic rings. The van der Waals surface area contributed by atoms with E-state index >= 15 is 0 Å². The van der Waals surface area contributed by atoms with Crippen molar-refractivity contribution in [1.29, 1.82) is 0 Å². The Kier molecular flexibility index (Phi) is 13.5. The number of pyridine rings is 4. The van der Waals surface area contributed by atoms with E-state index in [0.29, 0.717) is 5.56 Å². The number of para-hydroxylation sites is 2. The highest BCUT2D eigenvalue weighted by Crippen LogP contribution is 2.37. The number of aromatic nitrogens is 7. The molecule has 0 fully saturated rings. The van der Waals surface area contributed by atoms with Crippen molar-refractivity contribution in [1.82, 2.24) is 34.1 Å². The van der Waals surface area contributed by atoms with Crippen molar-refractivity contribution in [2.45, 2.75) is 0 Å². The summed E-state index contributed by atoms with van der Waals surface area (Å²) in [5, 5.41) is 20.4. The lowest BCUT2D eigenvalue weighted by Crippen LogP contribution is -2.20. The molecule has 7 aromatic heterocycles. The van der Waals surface area contributed by atoms with Crippen molar-refractivity contribution in [3.8, 4) is 45.3 Å². The molecule has 0 atom stereocenters.